The van der Waals surface area contributed by atoms with E-state index in [4.69, 9.17) is 21.1 Å². The van der Waals surface area contributed by atoms with Crippen LogP contribution >= 0.6 is 11.6 Å². The monoisotopic (exact) mass is 323 g/mol. The van der Waals surface area contributed by atoms with Crippen molar-refractivity contribution >= 4 is 24.2 Å². The quantitative estimate of drug-likeness (QED) is 0.633. The lowest BCUT2D eigenvalue weighted by Gasteiger charge is -2.16. The molecule has 0 saturated heterocycles. The van der Waals surface area contributed by atoms with Crippen LogP contribution in [-0.2, 0) is 4.76 Å². The number of rotatable bonds is 6. The van der Waals surface area contributed by atoms with Crippen LogP contribution in [-0.4, -0.2) is 19.3 Å². The standard InChI is InChI=1S/C15H16BClFNO3/c1-10(11-3-5-12(17)6-4-11)19-22-16(20)14-8-7-13(21-2)9-15(14)18/h3-10,19-20H,1-2H3/t10-/m0/s1. The van der Waals surface area contributed by atoms with E-state index in [1.807, 2.05) is 19.1 Å². The maximum Gasteiger partial charge on any atom is 0.511 e. The highest BCUT2D eigenvalue weighted by Gasteiger charge is 2.22. The predicted molar refractivity (Wildman–Crippen MR) is 84.6 cm³/mol. The van der Waals surface area contributed by atoms with Crippen LogP contribution in [0, 0.1) is 5.82 Å². The first-order valence-electron chi connectivity index (χ1n) is 6.69. The van der Waals surface area contributed by atoms with Gasteiger partial charge in [-0.1, -0.05) is 29.8 Å². The van der Waals surface area contributed by atoms with Crippen molar-refractivity contribution in [3.8, 4) is 5.75 Å². The summed E-state index contributed by atoms with van der Waals surface area (Å²) in [5.41, 5.74) is 3.63. The van der Waals surface area contributed by atoms with Crippen molar-refractivity contribution in [2.45, 2.75) is 13.0 Å². The zero-order chi connectivity index (χ0) is 16.1. The molecule has 0 saturated carbocycles. The molecule has 0 radical (unpaired) electrons. The van der Waals surface area contributed by atoms with E-state index in [9.17, 15) is 9.41 Å². The van der Waals surface area contributed by atoms with Gasteiger partial charge in [0.25, 0.3) is 0 Å². The fourth-order valence-electron chi connectivity index (χ4n) is 1.88. The van der Waals surface area contributed by atoms with Crippen LogP contribution in [0.15, 0.2) is 42.5 Å². The molecule has 7 heteroatoms. The average molecular weight is 324 g/mol. The molecule has 0 aliphatic heterocycles. The molecular formula is C15H16BClFNO3. The fraction of sp³-hybridized carbons (Fsp3) is 0.200. The third kappa shape index (κ3) is 4.21. The normalized spacial score (nSPS) is 12.0. The van der Waals surface area contributed by atoms with Crippen molar-refractivity contribution in [3.05, 3.63) is 58.9 Å². The maximum absolute atomic E-state index is 13.8. The van der Waals surface area contributed by atoms with Gasteiger partial charge in [-0.3, -0.25) is 0 Å². The van der Waals surface area contributed by atoms with Crippen molar-refractivity contribution < 1.29 is 18.9 Å². The van der Waals surface area contributed by atoms with Crippen molar-refractivity contribution in [3.63, 3.8) is 0 Å². The molecule has 116 valence electrons. The van der Waals surface area contributed by atoms with E-state index in [1.54, 1.807) is 18.2 Å². The minimum atomic E-state index is -1.43. The number of hydroxylamine groups is 1. The van der Waals surface area contributed by atoms with Gasteiger partial charge in [-0.2, -0.15) is 0 Å². The van der Waals surface area contributed by atoms with Crippen LogP contribution in [0.5, 0.6) is 5.75 Å². The second-order valence-electron chi connectivity index (χ2n) is 4.75. The van der Waals surface area contributed by atoms with Gasteiger partial charge in [-0.05, 0) is 30.7 Å². The molecule has 0 aromatic heterocycles. The van der Waals surface area contributed by atoms with Gasteiger partial charge in [0.05, 0.1) is 13.2 Å². The van der Waals surface area contributed by atoms with Gasteiger partial charge in [0, 0.05) is 16.6 Å². The zero-order valence-electron chi connectivity index (χ0n) is 12.2. The molecule has 2 N–H and O–H groups in total. The number of hydrogen-bond acceptors (Lipinski definition) is 4. The summed E-state index contributed by atoms with van der Waals surface area (Å²) in [4.78, 5) is 0. The van der Waals surface area contributed by atoms with Crippen LogP contribution < -0.4 is 15.7 Å². The lowest BCUT2D eigenvalue weighted by atomic mass is 9.79. The van der Waals surface area contributed by atoms with Gasteiger partial charge in [0.2, 0.25) is 0 Å². The van der Waals surface area contributed by atoms with E-state index >= 15 is 0 Å². The van der Waals surface area contributed by atoms with Gasteiger partial charge >= 0.3 is 7.12 Å². The summed E-state index contributed by atoms with van der Waals surface area (Å²) >= 11 is 5.82. The van der Waals surface area contributed by atoms with E-state index in [0.717, 1.165) is 5.56 Å². The Morgan fingerprint density at radius 3 is 2.50 bits per heavy atom. The number of hydrogen-bond donors (Lipinski definition) is 2. The first-order valence-corrected chi connectivity index (χ1v) is 7.07. The molecular weight excluding hydrogens is 307 g/mol. The Hall–Kier alpha value is -1.60. The molecule has 0 bridgehead atoms. The molecule has 2 aromatic rings. The van der Waals surface area contributed by atoms with Gasteiger partial charge in [-0.15, -0.1) is 0 Å². The third-order valence-corrected chi connectivity index (χ3v) is 3.45. The van der Waals surface area contributed by atoms with E-state index in [-0.39, 0.29) is 11.5 Å². The Bertz CT molecular complexity index is 627. The summed E-state index contributed by atoms with van der Waals surface area (Å²) in [7, 11) is 0.0112. The molecule has 4 nitrogen and oxygen atoms in total. The molecule has 0 aliphatic rings. The highest BCUT2D eigenvalue weighted by Crippen LogP contribution is 2.16. The zero-order valence-corrected chi connectivity index (χ0v) is 13.0. The van der Waals surface area contributed by atoms with Gasteiger partial charge < -0.3 is 14.5 Å². The van der Waals surface area contributed by atoms with Gasteiger partial charge in [0.1, 0.15) is 11.6 Å². The number of nitrogens with one attached hydrogen (secondary N) is 1. The summed E-state index contributed by atoms with van der Waals surface area (Å²) < 4.78 is 23.8. The molecule has 0 amide bonds. The van der Waals surface area contributed by atoms with E-state index in [1.165, 1.54) is 19.2 Å². The van der Waals surface area contributed by atoms with Crippen LogP contribution in [0.25, 0.3) is 0 Å². The first kappa shape index (κ1) is 16.8. The van der Waals surface area contributed by atoms with Crippen molar-refractivity contribution in [1.29, 1.82) is 0 Å². The highest BCUT2D eigenvalue weighted by molar-refractivity contribution is 6.59. The van der Waals surface area contributed by atoms with Crippen LogP contribution in [0.3, 0.4) is 0 Å². The Balaban J connectivity index is 1.97. The fourth-order valence-corrected chi connectivity index (χ4v) is 2.01. The van der Waals surface area contributed by atoms with E-state index < -0.39 is 12.9 Å². The van der Waals surface area contributed by atoms with Gasteiger partial charge in [0.15, 0.2) is 0 Å². The Morgan fingerprint density at radius 1 is 1.23 bits per heavy atom. The number of ether oxygens (including phenoxy) is 1. The number of methoxy groups -OCH3 is 1. The SMILES string of the molecule is COc1ccc(B(O)ON[C@@H](C)c2ccc(Cl)cc2)c(F)c1. The van der Waals surface area contributed by atoms with Gasteiger partial charge in [-0.25, -0.2) is 9.87 Å². The average Bonchev–Trinajstić information content (AvgIpc) is 2.52. The summed E-state index contributed by atoms with van der Waals surface area (Å²) in [5.74, 6) is -0.233. The molecule has 1 atom stereocenters. The van der Waals surface area contributed by atoms with Crippen LogP contribution in [0.2, 0.25) is 5.02 Å². The number of halogens is 2. The maximum atomic E-state index is 13.8. The molecule has 2 rings (SSSR count). The number of benzene rings is 2. The second kappa shape index (κ2) is 7.60. The molecule has 22 heavy (non-hydrogen) atoms. The molecule has 0 fully saturated rings. The smallest absolute Gasteiger partial charge is 0.497 e. The van der Waals surface area contributed by atoms with E-state index in [2.05, 4.69) is 5.48 Å². The van der Waals surface area contributed by atoms with E-state index in [0.29, 0.717) is 10.8 Å². The summed E-state index contributed by atoms with van der Waals surface area (Å²) in [6.07, 6.45) is 0. The predicted octanol–water partition coefficient (Wildman–Crippen LogP) is 2.46. The largest absolute Gasteiger partial charge is 0.511 e. The van der Waals surface area contributed by atoms with Crippen molar-refractivity contribution in [2.75, 3.05) is 7.11 Å². The van der Waals surface area contributed by atoms with Crippen molar-refractivity contribution in [2.24, 2.45) is 0 Å². The molecule has 0 aliphatic carbocycles. The molecule has 0 spiro atoms. The Labute approximate surface area is 133 Å². The first-order chi connectivity index (χ1) is 10.5. The topological polar surface area (TPSA) is 50.7 Å². The lowest BCUT2D eigenvalue weighted by Crippen LogP contribution is -2.41. The highest BCUT2D eigenvalue weighted by atomic mass is 35.5. The minimum Gasteiger partial charge on any atom is -0.497 e. The summed E-state index contributed by atoms with van der Waals surface area (Å²) in [5, 5.41) is 10.6. The summed E-state index contributed by atoms with van der Waals surface area (Å²) in [6, 6.07) is 11.1. The minimum absolute atomic E-state index is 0.0246. The summed E-state index contributed by atoms with van der Waals surface area (Å²) in [6.45, 7) is 1.85. The third-order valence-electron chi connectivity index (χ3n) is 3.20. The Kier molecular flexibility index (Phi) is 5.79. The Morgan fingerprint density at radius 2 is 1.91 bits per heavy atom. The second-order valence-corrected chi connectivity index (χ2v) is 5.19. The molecule has 0 unspecified atom stereocenters. The van der Waals surface area contributed by atoms with Crippen LogP contribution in [0.4, 0.5) is 4.39 Å². The van der Waals surface area contributed by atoms with Crippen LogP contribution in [0.1, 0.15) is 18.5 Å². The van der Waals surface area contributed by atoms with Crippen molar-refractivity contribution in [1.82, 2.24) is 5.48 Å². The lowest BCUT2D eigenvalue weighted by molar-refractivity contribution is 0.135. The molecule has 2 aromatic carbocycles. The molecule has 0 heterocycles.